The normalized spacial score (nSPS) is 9.91. The zero-order valence-electron chi connectivity index (χ0n) is 12.3. The van der Waals surface area contributed by atoms with E-state index in [1.807, 2.05) is 17.5 Å². The van der Waals surface area contributed by atoms with Crippen LogP contribution in [0.15, 0.2) is 41.8 Å². The highest BCUT2D eigenvalue weighted by atomic mass is 32.1. The molecule has 0 bridgehead atoms. The molecule has 0 aliphatic carbocycles. The van der Waals surface area contributed by atoms with Crippen molar-refractivity contribution >= 4 is 29.6 Å². The van der Waals surface area contributed by atoms with Gasteiger partial charge >= 0.3 is 6.03 Å². The number of aldehydes is 1. The van der Waals surface area contributed by atoms with Gasteiger partial charge in [0.1, 0.15) is 12.0 Å². The van der Waals surface area contributed by atoms with Crippen LogP contribution in [0.4, 0.5) is 4.79 Å². The Kier molecular flexibility index (Phi) is 6.31. The van der Waals surface area contributed by atoms with E-state index < -0.39 is 11.9 Å². The Morgan fingerprint density at radius 2 is 1.96 bits per heavy atom. The first-order valence-electron chi connectivity index (χ1n) is 6.95. The fourth-order valence-electron chi connectivity index (χ4n) is 1.75. The van der Waals surface area contributed by atoms with Crippen molar-refractivity contribution in [1.29, 1.82) is 0 Å². The van der Waals surface area contributed by atoms with Crippen molar-refractivity contribution in [2.75, 3.05) is 13.2 Å². The Morgan fingerprint density at radius 3 is 2.61 bits per heavy atom. The Balaban J connectivity index is 1.65. The van der Waals surface area contributed by atoms with Crippen LogP contribution < -0.4 is 15.4 Å². The molecule has 0 saturated heterocycles. The number of benzene rings is 1. The minimum atomic E-state index is -0.550. The van der Waals surface area contributed by atoms with Crippen molar-refractivity contribution in [3.05, 3.63) is 52.2 Å². The van der Waals surface area contributed by atoms with Crippen LogP contribution in [-0.2, 0) is 11.2 Å². The Labute approximate surface area is 137 Å². The third-order valence-electron chi connectivity index (χ3n) is 2.88. The molecule has 0 saturated carbocycles. The maximum absolute atomic E-state index is 11.6. The molecule has 0 aliphatic heterocycles. The molecule has 6 nitrogen and oxygen atoms in total. The van der Waals surface area contributed by atoms with E-state index in [1.54, 1.807) is 35.6 Å². The van der Waals surface area contributed by atoms with Crippen LogP contribution in [0.1, 0.15) is 15.2 Å². The van der Waals surface area contributed by atoms with Gasteiger partial charge in [-0.15, -0.1) is 11.3 Å². The first-order chi connectivity index (χ1) is 11.2. The zero-order valence-corrected chi connectivity index (χ0v) is 13.1. The summed E-state index contributed by atoms with van der Waals surface area (Å²) in [7, 11) is 0. The number of rotatable bonds is 7. The molecule has 0 unspecified atom stereocenters. The molecule has 2 N–H and O–H groups in total. The number of amides is 3. The van der Waals surface area contributed by atoms with E-state index in [9.17, 15) is 14.4 Å². The number of thiophene rings is 1. The predicted octanol–water partition coefficient (Wildman–Crippen LogP) is 2.01. The Hall–Kier alpha value is -2.67. The quantitative estimate of drug-likeness (QED) is 0.760. The lowest BCUT2D eigenvalue weighted by Crippen LogP contribution is -2.42. The summed E-state index contributed by atoms with van der Waals surface area (Å²) in [6, 6.07) is 9.71. The maximum Gasteiger partial charge on any atom is 0.321 e. The molecule has 3 amide bonds. The second-order valence-electron chi connectivity index (χ2n) is 4.61. The van der Waals surface area contributed by atoms with Gasteiger partial charge in [-0.25, -0.2) is 4.79 Å². The van der Waals surface area contributed by atoms with Crippen molar-refractivity contribution in [3.63, 3.8) is 0 Å². The summed E-state index contributed by atoms with van der Waals surface area (Å²) in [4.78, 5) is 34.8. The lowest BCUT2D eigenvalue weighted by Gasteiger charge is -2.08. The molecule has 0 aliphatic rings. The number of nitrogens with one attached hydrogen (secondary N) is 2. The van der Waals surface area contributed by atoms with E-state index in [1.165, 1.54) is 4.88 Å². The summed E-state index contributed by atoms with van der Waals surface area (Å²) >= 11 is 1.62. The van der Waals surface area contributed by atoms with Crippen molar-refractivity contribution < 1.29 is 19.1 Å². The minimum Gasteiger partial charge on any atom is -0.484 e. The summed E-state index contributed by atoms with van der Waals surface area (Å²) in [6.45, 7) is 0.173. The lowest BCUT2D eigenvalue weighted by molar-refractivity contribution is -0.122. The molecule has 120 valence electrons. The van der Waals surface area contributed by atoms with E-state index in [-0.39, 0.29) is 6.61 Å². The van der Waals surface area contributed by atoms with E-state index in [4.69, 9.17) is 4.74 Å². The summed E-state index contributed by atoms with van der Waals surface area (Å²) in [5, 5.41) is 6.76. The monoisotopic (exact) mass is 332 g/mol. The van der Waals surface area contributed by atoms with Gasteiger partial charge in [0.2, 0.25) is 0 Å². The predicted molar refractivity (Wildman–Crippen MR) is 86.9 cm³/mol. The van der Waals surface area contributed by atoms with E-state index in [0.29, 0.717) is 17.9 Å². The number of urea groups is 1. The average molecular weight is 332 g/mol. The van der Waals surface area contributed by atoms with Gasteiger partial charge in [-0.05, 0) is 42.1 Å². The molecular formula is C16H16N2O4S. The largest absolute Gasteiger partial charge is 0.484 e. The smallest absolute Gasteiger partial charge is 0.321 e. The molecule has 0 atom stereocenters. The van der Waals surface area contributed by atoms with Crippen molar-refractivity contribution in [2.45, 2.75) is 6.42 Å². The number of carbonyl (C=O) groups is 3. The highest BCUT2D eigenvalue weighted by molar-refractivity contribution is 7.09. The number of ether oxygens (including phenoxy) is 1. The highest BCUT2D eigenvalue weighted by Gasteiger charge is 2.08. The van der Waals surface area contributed by atoms with E-state index in [2.05, 4.69) is 10.6 Å². The van der Waals surface area contributed by atoms with Crippen LogP contribution in [0, 0.1) is 0 Å². The fourth-order valence-corrected chi connectivity index (χ4v) is 2.46. The molecule has 1 heterocycles. The number of hydrogen-bond acceptors (Lipinski definition) is 5. The van der Waals surface area contributed by atoms with Crippen LogP contribution in [0.2, 0.25) is 0 Å². The van der Waals surface area contributed by atoms with Crippen molar-refractivity contribution in [3.8, 4) is 5.75 Å². The van der Waals surface area contributed by atoms with Gasteiger partial charge in [0.05, 0.1) is 0 Å². The van der Waals surface area contributed by atoms with Crippen LogP contribution >= 0.6 is 11.3 Å². The summed E-state index contributed by atoms with van der Waals surface area (Å²) in [6.07, 6.45) is 1.44. The van der Waals surface area contributed by atoms with Crippen LogP contribution in [0.5, 0.6) is 5.75 Å². The van der Waals surface area contributed by atoms with Gasteiger partial charge in [0.25, 0.3) is 5.91 Å². The first-order valence-corrected chi connectivity index (χ1v) is 7.83. The molecule has 2 aromatic rings. The zero-order chi connectivity index (χ0) is 16.5. The number of imide groups is 1. The van der Waals surface area contributed by atoms with Gasteiger partial charge in [0.15, 0.2) is 6.61 Å². The van der Waals surface area contributed by atoms with Crippen LogP contribution in [0.25, 0.3) is 0 Å². The fraction of sp³-hybridized carbons (Fsp3) is 0.188. The summed E-state index contributed by atoms with van der Waals surface area (Å²) in [5.74, 6) is -0.0954. The van der Waals surface area contributed by atoms with E-state index >= 15 is 0 Å². The molecular weight excluding hydrogens is 316 g/mol. The molecule has 0 fully saturated rings. The molecule has 2 rings (SSSR count). The highest BCUT2D eigenvalue weighted by Crippen LogP contribution is 2.10. The van der Waals surface area contributed by atoms with Crippen molar-refractivity contribution in [1.82, 2.24) is 10.6 Å². The molecule has 23 heavy (non-hydrogen) atoms. The lowest BCUT2D eigenvalue weighted by atomic mass is 10.2. The van der Waals surface area contributed by atoms with Gasteiger partial charge in [-0.1, -0.05) is 6.07 Å². The van der Waals surface area contributed by atoms with Gasteiger partial charge in [0, 0.05) is 17.0 Å². The van der Waals surface area contributed by atoms with Crippen molar-refractivity contribution in [2.24, 2.45) is 0 Å². The molecule has 1 aromatic carbocycles. The maximum atomic E-state index is 11.6. The Bertz CT molecular complexity index is 653. The van der Waals surface area contributed by atoms with Gasteiger partial charge in [-0.2, -0.15) is 0 Å². The first kappa shape index (κ1) is 16.7. The minimum absolute atomic E-state index is 0.279. The number of carbonyl (C=O) groups excluding carboxylic acids is 3. The van der Waals surface area contributed by atoms with Gasteiger partial charge < -0.3 is 10.1 Å². The van der Waals surface area contributed by atoms with Crippen LogP contribution in [0.3, 0.4) is 0 Å². The number of hydrogen-bond donors (Lipinski definition) is 2. The molecule has 1 aromatic heterocycles. The molecule has 0 radical (unpaired) electrons. The van der Waals surface area contributed by atoms with Gasteiger partial charge in [-0.3, -0.25) is 14.9 Å². The second kappa shape index (κ2) is 8.70. The third kappa shape index (κ3) is 5.91. The molecule has 7 heteroatoms. The SMILES string of the molecule is O=Cc1ccc(OCC(=O)NC(=O)NCCc2cccs2)cc1. The third-order valence-corrected chi connectivity index (χ3v) is 3.81. The molecule has 0 spiro atoms. The standard InChI is InChI=1S/C16H16N2O4S/c19-10-12-3-5-13(6-4-12)22-11-15(20)18-16(21)17-8-7-14-2-1-9-23-14/h1-6,9-10H,7-8,11H2,(H2,17,18,20,21). The summed E-state index contributed by atoms with van der Waals surface area (Å²) < 4.78 is 5.23. The topological polar surface area (TPSA) is 84.5 Å². The Morgan fingerprint density at radius 1 is 1.17 bits per heavy atom. The average Bonchev–Trinajstić information content (AvgIpc) is 3.07. The second-order valence-corrected chi connectivity index (χ2v) is 5.64. The summed E-state index contributed by atoms with van der Waals surface area (Å²) in [5.41, 5.74) is 0.520. The van der Waals surface area contributed by atoms with E-state index in [0.717, 1.165) is 12.7 Å². The van der Waals surface area contributed by atoms with Crippen LogP contribution in [-0.4, -0.2) is 31.4 Å².